The normalized spacial score (nSPS) is 15.7. The first kappa shape index (κ1) is 16.3. The van der Waals surface area contributed by atoms with E-state index in [2.05, 4.69) is 10.6 Å². The van der Waals surface area contributed by atoms with E-state index in [1.165, 1.54) is 26.9 Å². The van der Waals surface area contributed by atoms with Crippen LogP contribution in [0, 0.1) is 0 Å². The molecule has 0 atom stereocenters. The quantitative estimate of drug-likeness (QED) is 0.840. The lowest BCUT2D eigenvalue weighted by Gasteiger charge is -2.18. The van der Waals surface area contributed by atoms with Crippen molar-refractivity contribution in [1.82, 2.24) is 5.32 Å². The Morgan fingerprint density at radius 2 is 1.82 bits per heavy atom. The Balaban J connectivity index is 2.13. The molecule has 120 valence electrons. The molecule has 2 amide bonds. The average Bonchev–Trinajstić information content (AvgIpc) is 2.75. The summed E-state index contributed by atoms with van der Waals surface area (Å²) in [5.74, 6) is 0.205. The lowest BCUT2D eigenvalue weighted by Crippen LogP contribution is -2.34. The van der Waals surface area contributed by atoms with E-state index < -0.39 is 0 Å². The topological polar surface area (TPSA) is 67.4 Å². The van der Waals surface area contributed by atoms with Crippen LogP contribution in [0.15, 0.2) is 18.2 Å². The van der Waals surface area contributed by atoms with Gasteiger partial charge in [-0.25, -0.2) is 0 Å². The van der Waals surface area contributed by atoms with E-state index in [4.69, 9.17) is 4.74 Å². The summed E-state index contributed by atoms with van der Waals surface area (Å²) in [6.45, 7) is 1.44. The predicted octanol–water partition coefficient (Wildman–Crippen LogP) is 3.11. The maximum atomic E-state index is 12.5. The summed E-state index contributed by atoms with van der Waals surface area (Å²) in [6, 6.07) is 5.31. The first-order valence-corrected chi connectivity index (χ1v) is 7.86. The molecule has 1 aromatic carbocycles. The second-order valence-corrected chi connectivity index (χ2v) is 5.76. The van der Waals surface area contributed by atoms with Crippen LogP contribution in [0.1, 0.15) is 55.8 Å². The van der Waals surface area contributed by atoms with Crippen molar-refractivity contribution in [2.75, 3.05) is 12.4 Å². The van der Waals surface area contributed by atoms with Gasteiger partial charge in [-0.05, 0) is 31.0 Å². The molecule has 0 aromatic heterocycles. The molecule has 0 radical (unpaired) electrons. The smallest absolute Gasteiger partial charge is 0.255 e. The second kappa shape index (κ2) is 7.82. The minimum Gasteiger partial charge on any atom is -0.496 e. The molecule has 5 heteroatoms. The highest BCUT2D eigenvalue weighted by Crippen LogP contribution is 2.24. The van der Waals surface area contributed by atoms with E-state index >= 15 is 0 Å². The summed E-state index contributed by atoms with van der Waals surface area (Å²) < 4.78 is 5.27. The molecule has 0 heterocycles. The molecule has 0 spiro atoms. The Morgan fingerprint density at radius 1 is 1.14 bits per heavy atom. The SMILES string of the molecule is COc1ccc(NC(C)=O)cc1C(=O)NC1CCCCCC1. The Labute approximate surface area is 131 Å². The summed E-state index contributed by atoms with van der Waals surface area (Å²) in [7, 11) is 1.54. The maximum absolute atomic E-state index is 12.5. The number of hydrogen-bond acceptors (Lipinski definition) is 3. The summed E-state index contributed by atoms with van der Waals surface area (Å²) in [6.07, 6.45) is 6.86. The Hall–Kier alpha value is -2.04. The number of rotatable bonds is 4. The highest BCUT2D eigenvalue weighted by molar-refractivity contribution is 5.99. The third-order valence-electron chi connectivity index (χ3n) is 3.95. The van der Waals surface area contributed by atoms with Crippen LogP contribution in [-0.4, -0.2) is 25.0 Å². The van der Waals surface area contributed by atoms with Crippen LogP contribution in [0.4, 0.5) is 5.69 Å². The number of carbonyl (C=O) groups excluding carboxylic acids is 2. The molecule has 0 aliphatic heterocycles. The van der Waals surface area contributed by atoms with Crippen LogP contribution >= 0.6 is 0 Å². The van der Waals surface area contributed by atoms with Gasteiger partial charge in [-0.1, -0.05) is 25.7 Å². The largest absolute Gasteiger partial charge is 0.496 e. The molecule has 5 nitrogen and oxygen atoms in total. The molecular formula is C17H24N2O3. The van der Waals surface area contributed by atoms with Gasteiger partial charge in [-0.15, -0.1) is 0 Å². The predicted molar refractivity (Wildman–Crippen MR) is 86.3 cm³/mol. The van der Waals surface area contributed by atoms with Gasteiger partial charge in [0.2, 0.25) is 5.91 Å². The number of nitrogens with one attached hydrogen (secondary N) is 2. The molecule has 0 unspecified atom stereocenters. The van der Waals surface area contributed by atoms with Crippen molar-refractivity contribution in [3.8, 4) is 5.75 Å². The molecule has 2 N–H and O–H groups in total. The van der Waals surface area contributed by atoms with Crippen LogP contribution in [-0.2, 0) is 4.79 Å². The van der Waals surface area contributed by atoms with E-state index in [1.54, 1.807) is 18.2 Å². The van der Waals surface area contributed by atoms with E-state index in [0.29, 0.717) is 17.0 Å². The van der Waals surface area contributed by atoms with Gasteiger partial charge in [-0.2, -0.15) is 0 Å². The summed E-state index contributed by atoms with van der Waals surface area (Å²) >= 11 is 0. The molecular weight excluding hydrogens is 280 g/mol. The van der Waals surface area contributed by atoms with Crippen molar-refractivity contribution in [3.63, 3.8) is 0 Å². The first-order chi connectivity index (χ1) is 10.6. The molecule has 0 bridgehead atoms. The van der Waals surface area contributed by atoms with E-state index in [1.807, 2.05) is 0 Å². The van der Waals surface area contributed by atoms with Crippen molar-refractivity contribution in [2.45, 2.75) is 51.5 Å². The zero-order valence-corrected chi connectivity index (χ0v) is 13.3. The molecule has 22 heavy (non-hydrogen) atoms. The fourth-order valence-corrected chi connectivity index (χ4v) is 2.85. The van der Waals surface area contributed by atoms with Gasteiger partial charge >= 0.3 is 0 Å². The van der Waals surface area contributed by atoms with Crippen molar-refractivity contribution in [3.05, 3.63) is 23.8 Å². The lowest BCUT2D eigenvalue weighted by molar-refractivity contribution is -0.114. The van der Waals surface area contributed by atoms with Gasteiger partial charge in [0.1, 0.15) is 5.75 Å². The van der Waals surface area contributed by atoms with Crippen molar-refractivity contribution in [1.29, 1.82) is 0 Å². The lowest BCUT2D eigenvalue weighted by atomic mass is 10.1. The standard InChI is InChI=1S/C17H24N2O3/c1-12(20)18-14-9-10-16(22-2)15(11-14)17(21)19-13-7-5-3-4-6-8-13/h9-11,13H,3-8H2,1-2H3,(H,18,20)(H,19,21). The highest BCUT2D eigenvalue weighted by Gasteiger charge is 2.19. The molecule has 1 aliphatic carbocycles. The average molecular weight is 304 g/mol. The van der Waals surface area contributed by atoms with Crippen LogP contribution in [0.5, 0.6) is 5.75 Å². The molecule has 1 aliphatic rings. The van der Waals surface area contributed by atoms with Crippen LogP contribution < -0.4 is 15.4 Å². The molecule has 1 aromatic rings. The van der Waals surface area contributed by atoms with Crippen LogP contribution in [0.3, 0.4) is 0 Å². The Morgan fingerprint density at radius 3 is 2.41 bits per heavy atom. The fraction of sp³-hybridized carbons (Fsp3) is 0.529. The minimum absolute atomic E-state index is 0.143. The molecule has 1 saturated carbocycles. The van der Waals surface area contributed by atoms with Gasteiger partial charge < -0.3 is 15.4 Å². The van der Waals surface area contributed by atoms with Gasteiger partial charge in [-0.3, -0.25) is 9.59 Å². The number of anilines is 1. The van der Waals surface area contributed by atoms with Gasteiger partial charge in [0, 0.05) is 18.7 Å². The molecule has 1 fully saturated rings. The van der Waals surface area contributed by atoms with Crippen LogP contribution in [0.2, 0.25) is 0 Å². The number of carbonyl (C=O) groups is 2. The monoisotopic (exact) mass is 304 g/mol. The summed E-state index contributed by atoms with van der Waals surface area (Å²) in [5, 5.41) is 5.79. The zero-order chi connectivity index (χ0) is 15.9. The first-order valence-electron chi connectivity index (χ1n) is 7.86. The van der Waals surface area contributed by atoms with Gasteiger partial charge in [0.05, 0.1) is 12.7 Å². The van der Waals surface area contributed by atoms with Crippen molar-refractivity contribution >= 4 is 17.5 Å². The van der Waals surface area contributed by atoms with Gasteiger partial charge in [0.15, 0.2) is 0 Å². The number of methoxy groups -OCH3 is 1. The number of benzene rings is 1. The van der Waals surface area contributed by atoms with Crippen LogP contribution in [0.25, 0.3) is 0 Å². The highest BCUT2D eigenvalue weighted by atomic mass is 16.5. The molecule has 0 saturated heterocycles. The minimum atomic E-state index is -0.166. The van der Waals surface area contributed by atoms with Crippen molar-refractivity contribution in [2.24, 2.45) is 0 Å². The third kappa shape index (κ3) is 4.48. The third-order valence-corrected chi connectivity index (χ3v) is 3.95. The van der Waals surface area contributed by atoms with E-state index in [0.717, 1.165) is 25.7 Å². The van der Waals surface area contributed by atoms with Gasteiger partial charge in [0.25, 0.3) is 5.91 Å². The zero-order valence-electron chi connectivity index (χ0n) is 13.3. The summed E-state index contributed by atoms with van der Waals surface area (Å²) in [5.41, 5.74) is 1.05. The Kier molecular flexibility index (Phi) is 5.81. The van der Waals surface area contributed by atoms with Crippen molar-refractivity contribution < 1.29 is 14.3 Å². The van der Waals surface area contributed by atoms with E-state index in [9.17, 15) is 9.59 Å². The number of hydrogen-bond donors (Lipinski definition) is 2. The fourth-order valence-electron chi connectivity index (χ4n) is 2.85. The van der Waals surface area contributed by atoms with E-state index in [-0.39, 0.29) is 17.9 Å². The summed E-state index contributed by atoms with van der Waals surface area (Å²) in [4.78, 5) is 23.7. The molecule has 2 rings (SSSR count). The maximum Gasteiger partial charge on any atom is 0.255 e. The second-order valence-electron chi connectivity index (χ2n) is 5.76. The number of ether oxygens (including phenoxy) is 1. The Bertz CT molecular complexity index is 535. The number of amides is 2.